The van der Waals surface area contributed by atoms with Gasteiger partial charge in [0.15, 0.2) is 0 Å². The number of carbonyl (C=O) groups excluding carboxylic acids is 1. The Kier molecular flexibility index (Phi) is 5.66. The zero-order valence-electron chi connectivity index (χ0n) is 15.6. The summed E-state index contributed by atoms with van der Waals surface area (Å²) < 4.78 is 40.1. The van der Waals surface area contributed by atoms with Gasteiger partial charge in [-0.3, -0.25) is 9.36 Å². The van der Waals surface area contributed by atoms with Crippen LogP contribution in [-0.2, 0) is 28.4 Å². The third-order valence-electron chi connectivity index (χ3n) is 4.78. The van der Waals surface area contributed by atoms with Gasteiger partial charge in [-0.1, -0.05) is 0 Å². The molecule has 1 aliphatic heterocycles. The highest BCUT2D eigenvalue weighted by atomic mass is 32.2. The Morgan fingerprint density at radius 1 is 1.25 bits per heavy atom. The summed E-state index contributed by atoms with van der Waals surface area (Å²) in [6.45, 7) is 0.470. The minimum Gasteiger partial charge on any atom is -0.324 e. The Morgan fingerprint density at radius 3 is 2.43 bits per heavy atom. The number of hydrogen-bond acceptors (Lipinski definition) is 5. The van der Waals surface area contributed by atoms with Gasteiger partial charge in [0, 0.05) is 31.7 Å². The van der Waals surface area contributed by atoms with E-state index in [0.29, 0.717) is 37.4 Å². The van der Waals surface area contributed by atoms with Crippen LogP contribution in [0.3, 0.4) is 0 Å². The summed E-state index contributed by atoms with van der Waals surface area (Å²) in [6.07, 6.45) is 2.29. The zero-order valence-corrected chi connectivity index (χ0v) is 16.4. The van der Waals surface area contributed by atoms with Crippen molar-refractivity contribution in [3.8, 4) is 0 Å². The molecule has 28 heavy (non-hydrogen) atoms. The normalized spacial score (nSPS) is 16.2. The highest BCUT2D eigenvalue weighted by Crippen LogP contribution is 2.26. The molecule has 0 spiro atoms. The average Bonchev–Trinajstić information content (AvgIpc) is 2.91. The van der Waals surface area contributed by atoms with Crippen LogP contribution in [0.1, 0.15) is 24.6 Å². The van der Waals surface area contributed by atoms with Crippen LogP contribution in [0, 0.1) is 5.82 Å². The van der Waals surface area contributed by atoms with Crippen LogP contribution >= 0.6 is 0 Å². The number of halogens is 1. The molecule has 1 N–H and O–H groups in total. The van der Waals surface area contributed by atoms with Crippen molar-refractivity contribution in [3.63, 3.8) is 0 Å². The summed E-state index contributed by atoms with van der Waals surface area (Å²) in [5, 5.41) is 6.88. The van der Waals surface area contributed by atoms with Gasteiger partial charge in [-0.05, 0) is 37.1 Å². The summed E-state index contributed by atoms with van der Waals surface area (Å²) >= 11 is 0. The van der Waals surface area contributed by atoms with Gasteiger partial charge in [0.05, 0.1) is 6.26 Å². The summed E-state index contributed by atoms with van der Waals surface area (Å²) in [6, 6.07) is 5.30. The van der Waals surface area contributed by atoms with Gasteiger partial charge >= 0.3 is 5.69 Å². The molecule has 11 heteroatoms. The Labute approximate surface area is 161 Å². The average molecular weight is 411 g/mol. The van der Waals surface area contributed by atoms with Crippen LogP contribution in [0.2, 0.25) is 0 Å². The highest BCUT2D eigenvalue weighted by molar-refractivity contribution is 7.88. The summed E-state index contributed by atoms with van der Waals surface area (Å²) in [4.78, 5) is 24.6. The molecule has 1 saturated heterocycles. The van der Waals surface area contributed by atoms with Crippen molar-refractivity contribution in [1.82, 2.24) is 18.7 Å². The molecular weight excluding hydrogens is 389 g/mol. The Balaban J connectivity index is 1.68. The highest BCUT2D eigenvalue weighted by Gasteiger charge is 2.29. The molecule has 0 unspecified atom stereocenters. The van der Waals surface area contributed by atoms with Crippen molar-refractivity contribution >= 4 is 21.6 Å². The minimum absolute atomic E-state index is 0.0582. The van der Waals surface area contributed by atoms with Crippen molar-refractivity contribution < 1.29 is 17.6 Å². The molecule has 0 radical (unpaired) electrons. The Morgan fingerprint density at radius 2 is 1.86 bits per heavy atom. The lowest BCUT2D eigenvalue weighted by molar-refractivity contribution is -0.117. The molecule has 2 aromatic rings. The number of benzene rings is 1. The number of hydrogen-bond donors (Lipinski definition) is 1. The van der Waals surface area contributed by atoms with E-state index in [4.69, 9.17) is 0 Å². The maximum absolute atomic E-state index is 12.9. The van der Waals surface area contributed by atoms with Crippen LogP contribution in [0.25, 0.3) is 0 Å². The molecule has 0 atom stereocenters. The fourth-order valence-corrected chi connectivity index (χ4v) is 4.15. The van der Waals surface area contributed by atoms with Gasteiger partial charge in [0.1, 0.15) is 18.2 Å². The number of aromatic nitrogens is 3. The molecule has 2 heterocycles. The SMILES string of the molecule is Cn1c(C2CCN(S(C)(=O)=O)CC2)nn(CC(=O)Nc2ccc(F)cc2)c1=O. The molecule has 1 aromatic carbocycles. The van der Waals surface area contributed by atoms with Crippen LogP contribution < -0.4 is 11.0 Å². The molecule has 0 aliphatic carbocycles. The number of sulfonamides is 1. The molecule has 1 aliphatic rings. The molecule has 1 amide bonds. The molecular formula is C17H22FN5O4S. The smallest absolute Gasteiger partial charge is 0.324 e. The van der Waals surface area contributed by atoms with E-state index in [-0.39, 0.29) is 12.5 Å². The van der Waals surface area contributed by atoms with E-state index in [1.54, 1.807) is 7.05 Å². The zero-order chi connectivity index (χ0) is 20.5. The van der Waals surface area contributed by atoms with Crippen molar-refractivity contribution in [2.24, 2.45) is 7.05 Å². The maximum atomic E-state index is 12.9. The third-order valence-corrected chi connectivity index (χ3v) is 6.09. The largest absolute Gasteiger partial charge is 0.346 e. The number of carbonyl (C=O) groups is 1. The fourth-order valence-electron chi connectivity index (χ4n) is 3.28. The second-order valence-electron chi connectivity index (χ2n) is 6.85. The summed E-state index contributed by atoms with van der Waals surface area (Å²) in [5.41, 5.74) is -0.00134. The first-order chi connectivity index (χ1) is 13.1. The van der Waals surface area contributed by atoms with Crippen molar-refractivity contribution in [2.75, 3.05) is 24.7 Å². The molecule has 152 valence electrons. The predicted octanol–water partition coefficient (Wildman–Crippen LogP) is 0.499. The number of amides is 1. The molecule has 0 bridgehead atoms. The summed E-state index contributed by atoms with van der Waals surface area (Å²) in [7, 11) is -1.64. The topological polar surface area (TPSA) is 106 Å². The molecule has 1 fully saturated rings. The molecule has 0 saturated carbocycles. The molecule has 1 aromatic heterocycles. The van der Waals surface area contributed by atoms with Gasteiger partial charge in [0.25, 0.3) is 0 Å². The van der Waals surface area contributed by atoms with Gasteiger partial charge in [0.2, 0.25) is 15.9 Å². The van der Waals surface area contributed by atoms with Crippen LogP contribution in [0.15, 0.2) is 29.1 Å². The second-order valence-corrected chi connectivity index (χ2v) is 8.83. The maximum Gasteiger partial charge on any atom is 0.346 e. The molecule has 3 rings (SSSR count). The standard InChI is InChI=1S/C17H22FN5O4S/c1-21-16(12-7-9-22(10-8-12)28(2,26)27)20-23(17(21)25)11-15(24)19-14-5-3-13(18)4-6-14/h3-6,12H,7-11H2,1-2H3,(H,19,24). The lowest BCUT2D eigenvalue weighted by Crippen LogP contribution is -2.37. The first-order valence-electron chi connectivity index (χ1n) is 8.79. The third kappa shape index (κ3) is 4.47. The summed E-state index contributed by atoms with van der Waals surface area (Å²) in [5.74, 6) is -0.388. The van der Waals surface area contributed by atoms with E-state index in [0.717, 1.165) is 4.68 Å². The van der Waals surface area contributed by atoms with Crippen molar-refractivity contribution in [3.05, 3.63) is 46.4 Å². The quantitative estimate of drug-likeness (QED) is 0.771. The van der Waals surface area contributed by atoms with Crippen molar-refractivity contribution in [1.29, 1.82) is 0 Å². The number of nitrogens with zero attached hydrogens (tertiary/aromatic N) is 4. The van der Waals surface area contributed by atoms with Gasteiger partial charge in [-0.15, -0.1) is 0 Å². The van der Waals surface area contributed by atoms with E-state index in [9.17, 15) is 22.4 Å². The number of piperidine rings is 1. The van der Waals surface area contributed by atoms with Gasteiger partial charge < -0.3 is 5.32 Å². The van der Waals surface area contributed by atoms with E-state index in [2.05, 4.69) is 10.4 Å². The second kappa shape index (κ2) is 7.84. The predicted molar refractivity (Wildman–Crippen MR) is 101 cm³/mol. The van der Waals surface area contributed by atoms with Crippen LogP contribution in [0.4, 0.5) is 10.1 Å². The Bertz CT molecular complexity index is 1020. The Hall–Kier alpha value is -2.53. The first kappa shape index (κ1) is 20.2. The van der Waals surface area contributed by atoms with Crippen LogP contribution in [-0.4, -0.2) is 52.3 Å². The van der Waals surface area contributed by atoms with Gasteiger partial charge in [-0.25, -0.2) is 26.6 Å². The van der Waals surface area contributed by atoms with E-state index in [1.165, 1.54) is 39.4 Å². The van der Waals surface area contributed by atoms with E-state index < -0.39 is 27.4 Å². The number of nitrogens with one attached hydrogen (secondary N) is 1. The molecule has 9 nitrogen and oxygen atoms in total. The lowest BCUT2D eigenvalue weighted by Gasteiger charge is -2.29. The lowest BCUT2D eigenvalue weighted by atomic mass is 9.97. The van der Waals surface area contributed by atoms with E-state index in [1.807, 2.05) is 0 Å². The number of anilines is 1. The number of rotatable bonds is 5. The van der Waals surface area contributed by atoms with Crippen LogP contribution in [0.5, 0.6) is 0 Å². The first-order valence-corrected chi connectivity index (χ1v) is 10.6. The van der Waals surface area contributed by atoms with Gasteiger partial charge in [-0.2, -0.15) is 5.10 Å². The van der Waals surface area contributed by atoms with Crippen molar-refractivity contribution in [2.45, 2.75) is 25.3 Å². The van der Waals surface area contributed by atoms with E-state index >= 15 is 0 Å². The fraction of sp³-hybridized carbons (Fsp3) is 0.471. The minimum atomic E-state index is -3.23. The monoisotopic (exact) mass is 411 g/mol.